The fourth-order valence-electron chi connectivity index (χ4n) is 2.48. The molecule has 26 heavy (non-hydrogen) atoms. The van der Waals surface area contributed by atoms with Crippen LogP contribution < -0.4 is 0 Å². The second-order valence-corrected chi connectivity index (χ2v) is 7.14. The maximum absolute atomic E-state index is 12.3. The largest absolute Gasteiger partial charge is 0.411 e. The second kappa shape index (κ2) is 8.19. The molecule has 0 bridgehead atoms. The van der Waals surface area contributed by atoms with E-state index in [9.17, 15) is 4.79 Å². The zero-order valence-corrected chi connectivity index (χ0v) is 15.9. The lowest BCUT2D eigenvalue weighted by Gasteiger charge is -2.16. The van der Waals surface area contributed by atoms with Crippen molar-refractivity contribution in [2.24, 2.45) is 0 Å². The average Bonchev–Trinajstić information content (AvgIpc) is 3.10. The van der Waals surface area contributed by atoms with Gasteiger partial charge in [0.2, 0.25) is 11.8 Å². The third-order valence-electron chi connectivity index (χ3n) is 4.07. The van der Waals surface area contributed by atoms with E-state index < -0.39 is 0 Å². The molecule has 0 fully saturated rings. The van der Waals surface area contributed by atoms with Gasteiger partial charge in [-0.3, -0.25) is 4.79 Å². The number of hydrogen-bond acceptors (Lipinski definition) is 5. The van der Waals surface area contributed by atoms with Crippen molar-refractivity contribution in [3.8, 4) is 11.5 Å². The Kier molecular flexibility index (Phi) is 5.73. The molecule has 1 heterocycles. The Labute approximate surface area is 157 Å². The van der Waals surface area contributed by atoms with E-state index in [0.29, 0.717) is 17.7 Å². The number of rotatable bonds is 6. The molecule has 1 amide bonds. The first-order valence-corrected chi connectivity index (χ1v) is 9.33. The van der Waals surface area contributed by atoms with Gasteiger partial charge >= 0.3 is 0 Å². The van der Waals surface area contributed by atoms with Gasteiger partial charge in [-0.25, -0.2) is 0 Å². The van der Waals surface area contributed by atoms with Crippen LogP contribution >= 0.6 is 11.8 Å². The van der Waals surface area contributed by atoms with Gasteiger partial charge in [-0.15, -0.1) is 10.2 Å². The zero-order valence-electron chi connectivity index (χ0n) is 15.1. The third kappa shape index (κ3) is 4.52. The van der Waals surface area contributed by atoms with Gasteiger partial charge in [0.05, 0.1) is 5.75 Å². The third-order valence-corrected chi connectivity index (χ3v) is 4.87. The maximum Gasteiger partial charge on any atom is 0.277 e. The van der Waals surface area contributed by atoms with Crippen molar-refractivity contribution >= 4 is 17.7 Å². The summed E-state index contributed by atoms with van der Waals surface area (Å²) in [5.41, 5.74) is 4.30. The molecule has 2 aromatic carbocycles. The molecule has 6 heteroatoms. The lowest BCUT2D eigenvalue weighted by molar-refractivity contribution is -0.127. The number of amides is 1. The first-order valence-electron chi connectivity index (χ1n) is 8.35. The quantitative estimate of drug-likeness (QED) is 0.614. The minimum atomic E-state index is 0.0196. The van der Waals surface area contributed by atoms with E-state index in [4.69, 9.17) is 4.42 Å². The standard InChI is InChI=1S/C20H21N3O2S/c1-14-8-10-16(11-9-14)12-23(3)18(24)13-26-20-22-21-19(25-20)17-7-5-4-6-15(17)2/h4-11H,12-13H2,1-3H3. The highest BCUT2D eigenvalue weighted by molar-refractivity contribution is 7.99. The lowest BCUT2D eigenvalue weighted by atomic mass is 10.1. The normalized spacial score (nSPS) is 10.7. The summed E-state index contributed by atoms with van der Waals surface area (Å²) in [6.07, 6.45) is 0. The van der Waals surface area contributed by atoms with E-state index in [2.05, 4.69) is 10.2 Å². The molecule has 3 rings (SSSR count). The zero-order chi connectivity index (χ0) is 18.5. The van der Waals surface area contributed by atoms with Crippen LogP contribution in [-0.4, -0.2) is 33.8 Å². The van der Waals surface area contributed by atoms with Gasteiger partial charge < -0.3 is 9.32 Å². The van der Waals surface area contributed by atoms with Crippen LogP contribution in [0.3, 0.4) is 0 Å². The van der Waals surface area contributed by atoms with Crippen molar-refractivity contribution in [1.82, 2.24) is 15.1 Å². The van der Waals surface area contributed by atoms with Gasteiger partial charge in [0.25, 0.3) is 5.22 Å². The number of thioether (sulfide) groups is 1. The average molecular weight is 367 g/mol. The Morgan fingerprint density at radius 2 is 1.81 bits per heavy atom. The highest BCUT2D eigenvalue weighted by atomic mass is 32.2. The SMILES string of the molecule is Cc1ccc(CN(C)C(=O)CSc2nnc(-c3ccccc3C)o2)cc1. The van der Waals surface area contributed by atoms with Gasteiger partial charge in [-0.05, 0) is 31.0 Å². The molecule has 0 aliphatic heterocycles. The van der Waals surface area contributed by atoms with E-state index in [-0.39, 0.29) is 11.7 Å². The molecule has 0 aliphatic rings. The molecule has 0 unspecified atom stereocenters. The van der Waals surface area contributed by atoms with Gasteiger partial charge in [0, 0.05) is 19.2 Å². The number of nitrogens with zero attached hydrogens (tertiary/aromatic N) is 3. The Morgan fingerprint density at radius 1 is 1.08 bits per heavy atom. The van der Waals surface area contributed by atoms with Crippen molar-refractivity contribution in [3.63, 3.8) is 0 Å². The van der Waals surface area contributed by atoms with Crippen LogP contribution in [0.5, 0.6) is 0 Å². The summed E-state index contributed by atoms with van der Waals surface area (Å²) in [6, 6.07) is 16.0. The summed E-state index contributed by atoms with van der Waals surface area (Å²) < 4.78 is 5.68. The molecular formula is C20H21N3O2S. The summed E-state index contributed by atoms with van der Waals surface area (Å²) in [6.45, 7) is 4.62. The van der Waals surface area contributed by atoms with Crippen molar-refractivity contribution < 1.29 is 9.21 Å². The molecule has 0 N–H and O–H groups in total. The van der Waals surface area contributed by atoms with Crippen LogP contribution in [0.2, 0.25) is 0 Å². The summed E-state index contributed by atoms with van der Waals surface area (Å²) in [4.78, 5) is 14.0. The Hall–Kier alpha value is -2.60. The van der Waals surface area contributed by atoms with Crippen LogP contribution in [0.15, 0.2) is 58.2 Å². The molecule has 3 aromatic rings. The van der Waals surface area contributed by atoms with Gasteiger partial charge in [0.15, 0.2) is 0 Å². The van der Waals surface area contributed by atoms with E-state index in [1.165, 1.54) is 17.3 Å². The number of aryl methyl sites for hydroxylation is 2. The molecule has 0 saturated heterocycles. The molecule has 0 aliphatic carbocycles. The molecule has 0 spiro atoms. The van der Waals surface area contributed by atoms with Crippen LogP contribution in [0.1, 0.15) is 16.7 Å². The molecular weight excluding hydrogens is 346 g/mol. The Balaban J connectivity index is 1.56. The predicted octanol–water partition coefficient (Wildman–Crippen LogP) is 4.10. The number of carbonyl (C=O) groups excluding carboxylic acids is 1. The highest BCUT2D eigenvalue weighted by Gasteiger charge is 2.14. The highest BCUT2D eigenvalue weighted by Crippen LogP contribution is 2.25. The summed E-state index contributed by atoms with van der Waals surface area (Å²) in [5.74, 6) is 0.759. The number of aromatic nitrogens is 2. The summed E-state index contributed by atoms with van der Waals surface area (Å²) in [5, 5.41) is 8.52. The van der Waals surface area contributed by atoms with E-state index >= 15 is 0 Å². The van der Waals surface area contributed by atoms with Gasteiger partial charge in [-0.1, -0.05) is 59.8 Å². The Bertz CT molecular complexity index is 890. The molecule has 0 saturated carbocycles. The van der Waals surface area contributed by atoms with Crippen LogP contribution in [0.25, 0.3) is 11.5 Å². The maximum atomic E-state index is 12.3. The smallest absolute Gasteiger partial charge is 0.277 e. The summed E-state index contributed by atoms with van der Waals surface area (Å²) >= 11 is 1.26. The van der Waals surface area contributed by atoms with E-state index in [0.717, 1.165) is 16.7 Å². The first-order chi connectivity index (χ1) is 12.5. The molecule has 134 valence electrons. The van der Waals surface area contributed by atoms with Gasteiger partial charge in [0.1, 0.15) is 0 Å². The van der Waals surface area contributed by atoms with E-state index in [1.807, 2.05) is 62.4 Å². The van der Waals surface area contributed by atoms with Crippen LogP contribution in [0.4, 0.5) is 0 Å². The summed E-state index contributed by atoms with van der Waals surface area (Å²) in [7, 11) is 1.80. The second-order valence-electron chi connectivity index (χ2n) is 6.21. The Morgan fingerprint density at radius 3 is 2.54 bits per heavy atom. The van der Waals surface area contributed by atoms with Crippen molar-refractivity contribution in [2.45, 2.75) is 25.6 Å². The van der Waals surface area contributed by atoms with Crippen molar-refractivity contribution in [2.75, 3.05) is 12.8 Å². The van der Waals surface area contributed by atoms with Gasteiger partial charge in [-0.2, -0.15) is 0 Å². The molecule has 0 atom stereocenters. The lowest BCUT2D eigenvalue weighted by Crippen LogP contribution is -2.27. The fraction of sp³-hybridized carbons (Fsp3) is 0.250. The van der Waals surface area contributed by atoms with Crippen LogP contribution in [-0.2, 0) is 11.3 Å². The predicted molar refractivity (Wildman–Crippen MR) is 103 cm³/mol. The topological polar surface area (TPSA) is 59.2 Å². The molecule has 1 aromatic heterocycles. The number of benzene rings is 2. The number of hydrogen-bond donors (Lipinski definition) is 0. The van der Waals surface area contributed by atoms with E-state index in [1.54, 1.807) is 11.9 Å². The number of carbonyl (C=O) groups is 1. The first kappa shape index (κ1) is 18.2. The minimum absolute atomic E-state index is 0.0196. The fourth-order valence-corrected chi connectivity index (χ4v) is 3.18. The molecule has 5 nitrogen and oxygen atoms in total. The monoisotopic (exact) mass is 367 g/mol. The molecule has 0 radical (unpaired) electrons. The minimum Gasteiger partial charge on any atom is -0.411 e. The van der Waals surface area contributed by atoms with Crippen LogP contribution in [0, 0.1) is 13.8 Å². The van der Waals surface area contributed by atoms with Crippen molar-refractivity contribution in [3.05, 3.63) is 65.2 Å². The van der Waals surface area contributed by atoms with Crippen molar-refractivity contribution in [1.29, 1.82) is 0 Å².